The minimum Gasteiger partial charge on any atom is -0.493 e. The second-order valence-corrected chi connectivity index (χ2v) is 6.14. The van der Waals surface area contributed by atoms with Crippen LogP contribution in [-0.4, -0.2) is 33.9 Å². The molecule has 136 valence electrons. The summed E-state index contributed by atoms with van der Waals surface area (Å²) in [6.07, 6.45) is 0.953. The van der Waals surface area contributed by atoms with Crippen molar-refractivity contribution in [3.8, 4) is 11.5 Å². The summed E-state index contributed by atoms with van der Waals surface area (Å²) in [4.78, 5) is 0. The van der Waals surface area contributed by atoms with E-state index in [0.29, 0.717) is 0 Å². The summed E-state index contributed by atoms with van der Waals surface area (Å²) >= 11 is 0. The van der Waals surface area contributed by atoms with Crippen molar-refractivity contribution in [2.75, 3.05) is 39.2 Å². The highest BCUT2D eigenvalue weighted by Gasteiger charge is 2.04. The number of fused-ring (bicyclic) bond motifs is 1. The number of ether oxygens (including phenoxy) is 2. The Balaban J connectivity index is 1.43. The van der Waals surface area contributed by atoms with Crippen LogP contribution < -0.4 is 20.1 Å². The van der Waals surface area contributed by atoms with Crippen LogP contribution in [0.2, 0.25) is 0 Å². The van der Waals surface area contributed by atoms with Crippen molar-refractivity contribution < 1.29 is 9.47 Å². The van der Waals surface area contributed by atoms with Gasteiger partial charge in [0.05, 0.1) is 14.2 Å². The molecule has 3 rings (SSSR count). The van der Waals surface area contributed by atoms with Crippen LogP contribution in [0.15, 0.2) is 60.7 Å². The third-order valence-corrected chi connectivity index (χ3v) is 4.45. The van der Waals surface area contributed by atoms with Gasteiger partial charge in [0.1, 0.15) is 0 Å². The molecular formula is C22H26N2O2. The topological polar surface area (TPSA) is 42.5 Å². The lowest BCUT2D eigenvalue weighted by molar-refractivity contribution is 0.354. The van der Waals surface area contributed by atoms with Gasteiger partial charge >= 0.3 is 0 Å². The Morgan fingerprint density at radius 1 is 0.769 bits per heavy atom. The van der Waals surface area contributed by atoms with Crippen LogP contribution in [0.4, 0.5) is 5.69 Å². The summed E-state index contributed by atoms with van der Waals surface area (Å²) in [6.45, 7) is 2.73. The van der Waals surface area contributed by atoms with Gasteiger partial charge in [0, 0.05) is 24.2 Å². The van der Waals surface area contributed by atoms with Crippen LogP contribution in [0.3, 0.4) is 0 Å². The predicted molar refractivity (Wildman–Crippen MR) is 109 cm³/mol. The standard InChI is InChI=1S/C22H26N2O2/c1-25-21-11-10-17(16-22(21)26-2)12-13-23-14-15-24-20-9-5-7-18-6-3-4-8-19(18)20/h3-11,16,23-24H,12-15H2,1-2H3. The molecule has 26 heavy (non-hydrogen) atoms. The fourth-order valence-corrected chi connectivity index (χ4v) is 3.06. The Kier molecular flexibility index (Phi) is 6.34. The van der Waals surface area contributed by atoms with E-state index in [4.69, 9.17) is 9.47 Å². The molecule has 0 aromatic heterocycles. The monoisotopic (exact) mass is 350 g/mol. The third kappa shape index (κ3) is 4.46. The van der Waals surface area contributed by atoms with Crippen molar-refractivity contribution in [3.63, 3.8) is 0 Å². The minimum atomic E-state index is 0.767. The summed E-state index contributed by atoms with van der Waals surface area (Å²) in [5.41, 5.74) is 2.42. The molecule has 0 aliphatic rings. The zero-order valence-electron chi connectivity index (χ0n) is 15.4. The van der Waals surface area contributed by atoms with Gasteiger partial charge in [-0.3, -0.25) is 0 Å². The summed E-state index contributed by atoms with van der Waals surface area (Å²) in [5.74, 6) is 1.55. The number of hydrogen-bond acceptors (Lipinski definition) is 4. The highest BCUT2D eigenvalue weighted by Crippen LogP contribution is 2.27. The summed E-state index contributed by atoms with van der Waals surface area (Å²) in [5, 5.41) is 9.53. The van der Waals surface area contributed by atoms with Gasteiger partial charge in [0.2, 0.25) is 0 Å². The summed E-state index contributed by atoms with van der Waals surface area (Å²) < 4.78 is 10.6. The molecule has 0 amide bonds. The van der Waals surface area contributed by atoms with E-state index in [9.17, 15) is 0 Å². The fraction of sp³-hybridized carbons (Fsp3) is 0.273. The lowest BCUT2D eigenvalue weighted by Gasteiger charge is -2.11. The molecule has 0 spiro atoms. The number of benzene rings is 3. The van der Waals surface area contributed by atoms with Crippen LogP contribution in [0.1, 0.15) is 5.56 Å². The second-order valence-electron chi connectivity index (χ2n) is 6.14. The molecule has 0 saturated heterocycles. The smallest absolute Gasteiger partial charge is 0.160 e. The molecule has 0 atom stereocenters. The maximum Gasteiger partial charge on any atom is 0.160 e. The molecule has 4 heteroatoms. The number of anilines is 1. The molecule has 0 fully saturated rings. The Morgan fingerprint density at radius 2 is 1.58 bits per heavy atom. The van der Waals surface area contributed by atoms with Gasteiger partial charge in [-0.2, -0.15) is 0 Å². The Labute approximate surface area is 155 Å². The normalized spacial score (nSPS) is 10.7. The van der Waals surface area contributed by atoms with E-state index >= 15 is 0 Å². The second kappa shape index (κ2) is 9.11. The molecule has 3 aromatic carbocycles. The highest BCUT2D eigenvalue weighted by atomic mass is 16.5. The molecular weight excluding hydrogens is 324 g/mol. The van der Waals surface area contributed by atoms with Crippen LogP contribution >= 0.6 is 0 Å². The van der Waals surface area contributed by atoms with Crippen LogP contribution in [0.25, 0.3) is 10.8 Å². The fourth-order valence-electron chi connectivity index (χ4n) is 3.06. The van der Waals surface area contributed by atoms with E-state index < -0.39 is 0 Å². The van der Waals surface area contributed by atoms with Crippen LogP contribution in [0, 0.1) is 0 Å². The van der Waals surface area contributed by atoms with Gasteiger partial charge in [-0.05, 0) is 42.1 Å². The first-order chi connectivity index (χ1) is 12.8. The molecule has 0 aliphatic carbocycles. The van der Waals surface area contributed by atoms with Crippen molar-refractivity contribution in [1.82, 2.24) is 5.32 Å². The molecule has 0 aliphatic heterocycles. The van der Waals surface area contributed by atoms with E-state index in [1.54, 1.807) is 14.2 Å². The minimum absolute atomic E-state index is 0.767. The SMILES string of the molecule is COc1ccc(CCNCCNc2cccc3ccccc23)cc1OC. The lowest BCUT2D eigenvalue weighted by Crippen LogP contribution is -2.24. The molecule has 4 nitrogen and oxygen atoms in total. The molecule has 0 saturated carbocycles. The average molecular weight is 350 g/mol. The number of methoxy groups -OCH3 is 2. The predicted octanol–water partition coefficient (Wildman–Crippen LogP) is 4.10. The van der Waals surface area contributed by atoms with E-state index in [1.165, 1.54) is 22.0 Å². The first-order valence-corrected chi connectivity index (χ1v) is 8.95. The van der Waals surface area contributed by atoms with E-state index in [2.05, 4.69) is 59.2 Å². The van der Waals surface area contributed by atoms with Crippen LogP contribution in [-0.2, 0) is 6.42 Å². The molecule has 3 aromatic rings. The van der Waals surface area contributed by atoms with Crippen molar-refractivity contribution >= 4 is 16.5 Å². The Bertz CT molecular complexity index is 843. The van der Waals surface area contributed by atoms with Gasteiger partial charge in [0.25, 0.3) is 0 Å². The average Bonchev–Trinajstić information content (AvgIpc) is 2.70. The number of rotatable bonds is 9. The zero-order valence-corrected chi connectivity index (χ0v) is 15.4. The molecule has 0 radical (unpaired) electrons. The van der Waals surface area contributed by atoms with Crippen molar-refractivity contribution in [2.24, 2.45) is 0 Å². The maximum atomic E-state index is 5.35. The van der Waals surface area contributed by atoms with Gasteiger partial charge < -0.3 is 20.1 Å². The number of hydrogen-bond donors (Lipinski definition) is 2. The van der Waals surface area contributed by atoms with Gasteiger partial charge in [0.15, 0.2) is 11.5 Å². The first kappa shape index (κ1) is 18.1. The summed E-state index contributed by atoms with van der Waals surface area (Å²) in [7, 11) is 3.32. The Morgan fingerprint density at radius 3 is 2.42 bits per heavy atom. The van der Waals surface area contributed by atoms with Crippen LogP contribution in [0.5, 0.6) is 11.5 Å². The van der Waals surface area contributed by atoms with E-state index in [0.717, 1.165) is 37.6 Å². The van der Waals surface area contributed by atoms with E-state index in [1.807, 2.05) is 12.1 Å². The molecule has 0 unspecified atom stereocenters. The van der Waals surface area contributed by atoms with Gasteiger partial charge in [-0.1, -0.05) is 42.5 Å². The number of nitrogens with one attached hydrogen (secondary N) is 2. The largest absolute Gasteiger partial charge is 0.493 e. The first-order valence-electron chi connectivity index (χ1n) is 8.95. The molecule has 0 bridgehead atoms. The Hall–Kier alpha value is -2.72. The quantitative estimate of drug-likeness (QED) is 0.570. The molecule has 0 heterocycles. The maximum absolute atomic E-state index is 5.35. The van der Waals surface area contributed by atoms with E-state index in [-0.39, 0.29) is 0 Å². The third-order valence-electron chi connectivity index (χ3n) is 4.45. The van der Waals surface area contributed by atoms with Crippen molar-refractivity contribution in [3.05, 3.63) is 66.2 Å². The molecule has 2 N–H and O–H groups in total. The van der Waals surface area contributed by atoms with Crippen molar-refractivity contribution in [1.29, 1.82) is 0 Å². The zero-order chi connectivity index (χ0) is 18.2. The highest BCUT2D eigenvalue weighted by molar-refractivity contribution is 5.93. The van der Waals surface area contributed by atoms with Gasteiger partial charge in [-0.15, -0.1) is 0 Å². The summed E-state index contributed by atoms with van der Waals surface area (Å²) in [6, 6.07) is 20.9. The van der Waals surface area contributed by atoms with Crippen molar-refractivity contribution in [2.45, 2.75) is 6.42 Å². The van der Waals surface area contributed by atoms with Gasteiger partial charge in [-0.25, -0.2) is 0 Å². The lowest BCUT2D eigenvalue weighted by atomic mass is 10.1.